The summed E-state index contributed by atoms with van der Waals surface area (Å²) in [5.41, 5.74) is -16.0. The summed E-state index contributed by atoms with van der Waals surface area (Å²) >= 11 is 0. The van der Waals surface area contributed by atoms with Crippen molar-refractivity contribution in [1.82, 2.24) is 0 Å². The molecule has 2 heterocycles. The number of hydrogen-bond donors (Lipinski definition) is 0. The van der Waals surface area contributed by atoms with Crippen LogP contribution in [0.3, 0.4) is 0 Å². The van der Waals surface area contributed by atoms with Crippen LogP contribution in [0.5, 0.6) is 0 Å². The molecule has 6 rings (SSSR count). The number of alkyl halides is 12. The van der Waals surface area contributed by atoms with E-state index < -0.39 is 81.0 Å². The van der Waals surface area contributed by atoms with Crippen LogP contribution >= 0.6 is 0 Å². The molecule has 0 saturated heterocycles. The number of nitrogens with zero attached hydrogens (tertiary/aromatic N) is 2. The third kappa shape index (κ3) is 4.32. The fraction of sp³-hybridized carbons (Fsp3) is 0.200. The first kappa shape index (κ1) is 31.2. The highest BCUT2D eigenvalue weighted by Gasteiger charge is 2.78. The molecular formula is C30H14F12N2O2. The molecule has 4 nitrogen and oxygen atoms in total. The van der Waals surface area contributed by atoms with Gasteiger partial charge in [0.1, 0.15) is 0 Å². The molecule has 0 radical (unpaired) electrons. The Morgan fingerprint density at radius 1 is 0.413 bits per heavy atom. The minimum absolute atomic E-state index is 0.250. The minimum Gasteiger partial charge on any atom is -0.446 e. The minimum atomic E-state index is -6.17. The summed E-state index contributed by atoms with van der Waals surface area (Å²) in [6, 6.07) is 13.8. The van der Waals surface area contributed by atoms with Gasteiger partial charge < -0.3 is 9.47 Å². The van der Waals surface area contributed by atoms with Gasteiger partial charge in [-0.15, -0.1) is 0 Å². The molecule has 0 spiro atoms. The largest absolute Gasteiger partial charge is 0.446 e. The van der Waals surface area contributed by atoms with E-state index in [0.717, 1.165) is 24.3 Å². The van der Waals surface area contributed by atoms with E-state index in [-0.39, 0.29) is 23.3 Å². The van der Waals surface area contributed by atoms with Gasteiger partial charge in [0.05, 0.1) is 11.4 Å². The highest BCUT2D eigenvalue weighted by molar-refractivity contribution is 6.09. The van der Waals surface area contributed by atoms with E-state index in [1.165, 1.54) is 36.4 Å². The molecule has 2 aliphatic heterocycles. The first-order chi connectivity index (χ1) is 21.3. The molecule has 0 unspecified atom stereocenters. The second-order valence-electron chi connectivity index (χ2n) is 10.1. The summed E-state index contributed by atoms with van der Waals surface area (Å²) in [5.74, 6) is -2.30. The Hall–Kier alpha value is -4.76. The molecule has 0 atom stereocenters. The highest BCUT2D eigenvalue weighted by atomic mass is 19.4. The average molecular weight is 662 g/mol. The van der Waals surface area contributed by atoms with Crippen LogP contribution in [0.25, 0.3) is 10.8 Å². The first-order valence-corrected chi connectivity index (χ1v) is 12.9. The lowest BCUT2D eigenvalue weighted by Gasteiger charge is -2.42. The Bertz CT molecular complexity index is 1730. The Labute approximate surface area is 249 Å². The molecule has 0 saturated carbocycles. The topological polar surface area (TPSA) is 43.2 Å². The van der Waals surface area contributed by atoms with Crippen LogP contribution in [-0.2, 0) is 20.7 Å². The number of benzene rings is 4. The van der Waals surface area contributed by atoms with Gasteiger partial charge in [-0.25, -0.2) is 9.98 Å². The highest BCUT2D eigenvalue weighted by Crippen LogP contribution is 2.61. The summed E-state index contributed by atoms with van der Waals surface area (Å²) in [6.07, 6.45) is -24.7. The number of aliphatic imine (C=N–C) groups is 2. The maximum Gasteiger partial charge on any atom is 0.442 e. The third-order valence-electron chi connectivity index (χ3n) is 7.47. The molecule has 2 aliphatic rings. The quantitative estimate of drug-likeness (QED) is 0.201. The lowest BCUT2D eigenvalue weighted by molar-refractivity contribution is -0.370. The van der Waals surface area contributed by atoms with Crippen molar-refractivity contribution >= 4 is 33.9 Å². The SMILES string of the molecule is FC(F)(F)C1(C(F)(F)F)OC(c2ccccc2)=Nc2c1ccc1c3c(ccc21)C(C(F)(F)F)(C(F)(F)F)OC(c1ccccc1)=N3. The number of rotatable bonds is 2. The maximum absolute atomic E-state index is 14.5. The smallest absolute Gasteiger partial charge is 0.442 e. The summed E-state index contributed by atoms with van der Waals surface area (Å²) in [6.45, 7) is 0. The summed E-state index contributed by atoms with van der Waals surface area (Å²) in [5, 5.41) is -1.33. The van der Waals surface area contributed by atoms with Crippen molar-refractivity contribution in [3.8, 4) is 0 Å². The van der Waals surface area contributed by atoms with Gasteiger partial charge in [-0.1, -0.05) is 60.7 Å². The number of halogens is 12. The van der Waals surface area contributed by atoms with Crippen molar-refractivity contribution in [2.24, 2.45) is 9.98 Å². The van der Waals surface area contributed by atoms with Crippen molar-refractivity contribution < 1.29 is 62.2 Å². The maximum atomic E-state index is 14.5. The van der Waals surface area contributed by atoms with E-state index >= 15 is 0 Å². The Morgan fingerprint density at radius 2 is 0.717 bits per heavy atom. The van der Waals surface area contributed by atoms with Gasteiger partial charge >= 0.3 is 35.9 Å². The zero-order valence-corrected chi connectivity index (χ0v) is 22.3. The van der Waals surface area contributed by atoms with Crippen molar-refractivity contribution in [3.63, 3.8) is 0 Å². The first-order valence-electron chi connectivity index (χ1n) is 12.9. The van der Waals surface area contributed by atoms with Crippen LogP contribution in [0.4, 0.5) is 64.1 Å². The van der Waals surface area contributed by atoms with Crippen molar-refractivity contribution in [1.29, 1.82) is 0 Å². The van der Waals surface area contributed by atoms with Gasteiger partial charge in [0.25, 0.3) is 0 Å². The predicted molar refractivity (Wildman–Crippen MR) is 139 cm³/mol. The second-order valence-corrected chi connectivity index (χ2v) is 10.1. The molecular weight excluding hydrogens is 648 g/mol. The molecule has 4 aromatic rings. The monoisotopic (exact) mass is 662 g/mol. The third-order valence-corrected chi connectivity index (χ3v) is 7.47. The van der Waals surface area contributed by atoms with Crippen LogP contribution in [0.1, 0.15) is 22.3 Å². The Balaban J connectivity index is 1.76. The van der Waals surface area contributed by atoms with Gasteiger partial charge in [0.15, 0.2) is 0 Å². The molecule has 0 N–H and O–H groups in total. The van der Waals surface area contributed by atoms with Crippen molar-refractivity contribution in [2.75, 3.05) is 0 Å². The van der Waals surface area contributed by atoms with Crippen LogP contribution in [0.2, 0.25) is 0 Å². The Kier molecular flexibility index (Phi) is 6.70. The van der Waals surface area contributed by atoms with E-state index in [0.29, 0.717) is 12.1 Å². The van der Waals surface area contributed by atoms with Gasteiger partial charge in [0.2, 0.25) is 11.8 Å². The van der Waals surface area contributed by atoms with Crippen LogP contribution in [0, 0.1) is 0 Å². The van der Waals surface area contributed by atoms with E-state index in [1.54, 1.807) is 0 Å². The van der Waals surface area contributed by atoms with E-state index in [2.05, 4.69) is 19.5 Å². The predicted octanol–water partition coefficient (Wildman–Crippen LogP) is 9.70. The molecule has 0 aromatic heterocycles. The average Bonchev–Trinajstić information content (AvgIpc) is 2.98. The zero-order chi connectivity index (χ0) is 33.5. The van der Waals surface area contributed by atoms with Gasteiger partial charge in [0, 0.05) is 33.0 Å². The van der Waals surface area contributed by atoms with Crippen LogP contribution in [-0.4, -0.2) is 36.5 Å². The fourth-order valence-electron chi connectivity index (χ4n) is 5.40. The van der Waals surface area contributed by atoms with Crippen molar-refractivity contribution in [2.45, 2.75) is 35.9 Å². The summed E-state index contributed by atoms with van der Waals surface area (Å²) in [7, 11) is 0. The molecule has 0 amide bonds. The molecule has 4 aromatic carbocycles. The van der Waals surface area contributed by atoms with Gasteiger partial charge in [-0.2, -0.15) is 52.7 Å². The fourth-order valence-corrected chi connectivity index (χ4v) is 5.40. The number of hydrogen-bond acceptors (Lipinski definition) is 4. The lowest BCUT2D eigenvalue weighted by Crippen LogP contribution is -2.58. The summed E-state index contributed by atoms with van der Waals surface area (Å²) < 4.78 is 184. The van der Waals surface area contributed by atoms with Gasteiger partial charge in [-0.05, 0) is 24.3 Å². The van der Waals surface area contributed by atoms with Gasteiger partial charge in [-0.3, -0.25) is 0 Å². The number of ether oxygens (including phenoxy) is 2. The molecule has 0 fully saturated rings. The van der Waals surface area contributed by atoms with Crippen LogP contribution in [0.15, 0.2) is 94.9 Å². The van der Waals surface area contributed by atoms with E-state index in [9.17, 15) is 52.7 Å². The van der Waals surface area contributed by atoms with Crippen molar-refractivity contribution in [3.05, 3.63) is 107 Å². The number of fused-ring (bicyclic) bond motifs is 5. The normalized spacial score (nSPS) is 17.7. The Morgan fingerprint density at radius 3 is 1.00 bits per heavy atom. The van der Waals surface area contributed by atoms with E-state index in [4.69, 9.17) is 0 Å². The van der Waals surface area contributed by atoms with E-state index in [1.807, 2.05) is 0 Å². The van der Waals surface area contributed by atoms with Crippen LogP contribution < -0.4 is 0 Å². The molecule has 0 bridgehead atoms. The molecule has 240 valence electrons. The standard InChI is InChI=1S/C30H14F12N2O2/c31-27(32,33)25(28(34,35)36)19-13-12-18-17(21(19)43-23(45-25)15-7-3-1-4-8-15)11-14-20-22(18)44-24(16-9-5-2-6-10-16)46-26(20,29(37,38)39)30(40,41)42/h1-14H. The zero-order valence-electron chi connectivity index (χ0n) is 22.3. The molecule has 16 heteroatoms. The summed E-state index contributed by atoms with van der Waals surface area (Å²) in [4.78, 5) is 7.79. The molecule has 46 heavy (non-hydrogen) atoms. The molecule has 0 aliphatic carbocycles. The lowest BCUT2D eigenvalue weighted by atomic mass is 9.83. The second kappa shape index (κ2) is 9.87.